The number of nitrogens with zero attached hydrogens (tertiary/aromatic N) is 1. The molecule has 1 saturated carbocycles. The van der Waals surface area contributed by atoms with Crippen LogP contribution in [0.5, 0.6) is 0 Å². The molecule has 3 nitrogen and oxygen atoms in total. The highest BCUT2D eigenvalue weighted by Gasteiger charge is 2.24. The van der Waals surface area contributed by atoms with Gasteiger partial charge in [-0.15, -0.1) is 0 Å². The lowest BCUT2D eigenvalue weighted by molar-refractivity contribution is 0.134. The Kier molecular flexibility index (Phi) is 4.62. The molecule has 3 heteroatoms. The molecule has 0 aromatic rings. The molecule has 0 aromatic heterocycles. The van der Waals surface area contributed by atoms with Crippen LogP contribution in [0.3, 0.4) is 0 Å². The van der Waals surface area contributed by atoms with Crippen LogP contribution in [0.1, 0.15) is 32.6 Å². The Labute approximate surface area is 99.2 Å². The normalized spacial score (nSPS) is 25.9. The number of aliphatic hydroxyl groups is 1. The van der Waals surface area contributed by atoms with E-state index in [2.05, 4.69) is 17.1 Å². The summed E-state index contributed by atoms with van der Waals surface area (Å²) in [7, 11) is 0. The van der Waals surface area contributed by atoms with Crippen molar-refractivity contribution in [1.29, 1.82) is 0 Å². The SMILES string of the molecule is CC(CO)CN1CCC(CNC2CC2)CC1. The molecule has 0 spiro atoms. The molecule has 2 fully saturated rings. The van der Waals surface area contributed by atoms with E-state index in [4.69, 9.17) is 5.11 Å². The molecule has 0 radical (unpaired) electrons. The van der Waals surface area contributed by atoms with Gasteiger partial charge in [-0.1, -0.05) is 6.92 Å². The van der Waals surface area contributed by atoms with Crippen molar-refractivity contribution in [2.24, 2.45) is 11.8 Å². The molecule has 0 aromatic carbocycles. The van der Waals surface area contributed by atoms with Crippen molar-refractivity contribution >= 4 is 0 Å². The molecule has 1 atom stereocenters. The van der Waals surface area contributed by atoms with Gasteiger partial charge in [0.2, 0.25) is 0 Å². The zero-order valence-electron chi connectivity index (χ0n) is 10.5. The number of hydrogen-bond acceptors (Lipinski definition) is 3. The smallest absolute Gasteiger partial charge is 0.0468 e. The zero-order valence-corrected chi connectivity index (χ0v) is 10.5. The summed E-state index contributed by atoms with van der Waals surface area (Å²) in [5.74, 6) is 1.32. The largest absolute Gasteiger partial charge is 0.396 e. The van der Waals surface area contributed by atoms with E-state index in [0.717, 1.165) is 18.5 Å². The number of aliphatic hydroxyl groups excluding tert-OH is 1. The third-order valence-corrected chi connectivity index (χ3v) is 3.86. The van der Waals surface area contributed by atoms with Crippen molar-refractivity contribution in [1.82, 2.24) is 10.2 Å². The third kappa shape index (κ3) is 4.04. The highest BCUT2D eigenvalue weighted by atomic mass is 16.3. The van der Waals surface area contributed by atoms with Gasteiger partial charge in [-0.25, -0.2) is 0 Å². The average molecular weight is 226 g/mol. The molecule has 2 aliphatic rings. The molecule has 2 N–H and O–H groups in total. The van der Waals surface area contributed by atoms with Gasteiger partial charge in [-0.3, -0.25) is 0 Å². The zero-order chi connectivity index (χ0) is 11.4. The lowest BCUT2D eigenvalue weighted by Gasteiger charge is -2.33. The minimum Gasteiger partial charge on any atom is -0.396 e. The fourth-order valence-electron chi connectivity index (χ4n) is 2.49. The molecule has 1 unspecified atom stereocenters. The summed E-state index contributed by atoms with van der Waals surface area (Å²) in [4.78, 5) is 2.51. The Morgan fingerprint density at radius 2 is 1.94 bits per heavy atom. The van der Waals surface area contributed by atoms with Crippen LogP contribution in [0.2, 0.25) is 0 Å². The lowest BCUT2D eigenvalue weighted by atomic mass is 9.96. The Balaban J connectivity index is 1.57. The van der Waals surface area contributed by atoms with Gasteiger partial charge in [0, 0.05) is 19.2 Å². The van der Waals surface area contributed by atoms with E-state index in [9.17, 15) is 0 Å². The van der Waals surface area contributed by atoms with Crippen molar-refractivity contribution in [3.05, 3.63) is 0 Å². The number of nitrogens with one attached hydrogen (secondary N) is 1. The second-order valence-electron chi connectivity index (χ2n) is 5.71. The molecule has 0 amide bonds. The van der Waals surface area contributed by atoms with E-state index in [-0.39, 0.29) is 0 Å². The van der Waals surface area contributed by atoms with E-state index in [1.54, 1.807) is 0 Å². The summed E-state index contributed by atoms with van der Waals surface area (Å²) in [6.45, 7) is 7.19. The Bertz CT molecular complexity index is 198. The second kappa shape index (κ2) is 5.99. The van der Waals surface area contributed by atoms with E-state index in [1.165, 1.54) is 45.3 Å². The van der Waals surface area contributed by atoms with Crippen LogP contribution in [0.25, 0.3) is 0 Å². The van der Waals surface area contributed by atoms with Gasteiger partial charge in [0.15, 0.2) is 0 Å². The molecule has 1 heterocycles. The van der Waals surface area contributed by atoms with Gasteiger partial charge in [-0.05, 0) is 57.2 Å². The minimum absolute atomic E-state index is 0.323. The Hall–Kier alpha value is -0.120. The maximum atomic E-state index is 9.03. The predicted octanol–water partition coefficient (Wildman–Crippen LogP) is 1.08. The van der Waals surface area contributed by atoms with Crippen molar-refractivity contribution in [2.45, 2.75) is 38.6 Å². The number of piperidine rings is 1. The standard InChI is InChI=1S/C13H26N2O/c1-11(10-16)9-15-6-4-12(5-7-15)8-14-13-2-3-13/h11-14,16H,2-10H2,1H3. The van der Waals surface area contributed by atoms with Crippen LogP contribution in [-0.4, -0.2) is 48.8 Å². The topological polar surface area (TPSA) is 35.5 Å². The monoisotopic (exact) mass is 226 g/mol. The average Bonchev–Trinajstić information content (AvgIpc) is 3.12. The highest BCUT2D eigenvalue weighted by molar-refractivity contribution is 4.83. The van der Waals surface area contributed by atoms with Crippen molar-refractivity contribution in [2.75, 3.05) is 32.8 Å². The summed E-state index contributed by atoms with van der Waals surface area (Å²) in [6, 6.07) is 0.854. The van der Waals surface area contributed by atoms with Gasteiger partial charge in [-0.2, -0.15) is 0 Å². The molecule has 94 valence electrons. The van der Waals surface area contributed by atoms with Crippen LogP contribution in [0.4, 0.5) is 0 Å². The molecule has 16 heavy (non-hydrogen) atoms. The molecule has 1 saturated heterocycles. The first-order valence-corrected chi connectivity index (χ1v) is 6.84. The van der Waals surface area contributed by atoms with Crippen LogP contribution >= 0.6 is 0 Å². The number of hydrogen-bond donors (Lipinski definition) is 2. The summed E-state index contributed by atoms with van der Waals surface area (Å²) in [5.41, 5.74) is 0. The molecule has 2 rings (SSSR count). The highest BCUT2D eigenvalue weighted by Crippen LogP contribution is 2.22. The number of rotatable bonds is 6. The Morgan fingerprint density at radius 3 is 2.50 bits per heavy atom. The Morgan fingerprint density at radius 1 is 1.25 bits per heavy atom. The van der Waals surface area contributed by atoms with Gasteiger partial charge < -0.3 is 15.3 Å². The first kappa shape index (κ1) is 12.3. The second-order valence-corrected chi connectivity index (χ2v) is 5.71. The van der Waals surface area contributed by atoms with Crippen molar-refractivity contribution < 1.29 is 5.11 Å². The van der Waals surface area contributed by atoms with E-state index >= 15 is 0 Å². The molecule has 1 aliphatic heterocycles. The van der Waals surface area contributed by atoms with Gasteiger partial charge in [0.25, 0.3) is 0 Å². The van der Waals surface area contributed by atoms with E-state index < -0.39 is 0 Å². The first-order valence-electron chi connectivity index (χ1n) is 6.84. The third-order valence-electron chi connectivity index (χ3n) is 3.86. The van der Waals surface area contributed by atoms with E-state index in [1.807, 2.05) is 0 Å². The summed E-state index contributed by atoms with van der Waals surface area (Å²) in [5, 5.41) is 12.7. The summed E-state index contributed by atoms with van der Waals surface area (Å²) >= 11 is 0. The van der Waals surface area contributed by atoms with Crippen molar-refractivity contribution in [3.8, 4) is 0 Å². The quantitative estimate of drug-likeness (QED) is 0.711. The first-order chi connectivity index (χ1) is 7.78. The van der Waals surface area contributed by atoms with Crippen LogP contribution in [0, 0.1) is 11.8 Å². The molecule has 1 aliphatic carbocycles. The summed E-state index contributed by atoms with van der Waals surface area (Å²) in [6.07, 6.45) is 5.45. The molecule has 0 bridgehead atoms. The lowest BCUT2D eigenvalue weighted by Crippen LogP contribution is -2.40. The van der Waals surface area contributed by atoms with Crippen molar-refractivity contribution in [3.63, 3.8) is 0 Å². The van der Waals surface area contributed by atoms with E-state index in [0.29, 0.717) is 12.5 Å². The summed E-state index contributed by atoms with van der Waals surface area (Å²) < 4.78 is 0. The predicted molar refractivity (Wildman–Crippen MR) is 66.4 cm³/mol. The van der Waals surface area contributed by atoms with Crippen LogP contribution < -0.4 is 5.32 Å². The van der Waals surface area contributed by atoms with Crippen LogP contribution in [0.15, 0.2) is 0 Å². The van der Waals surface area contributed by atoms with Gasteiger partial charge in [0.05, 0.1) is 0 Å². The molecular weight excluding hydrogens is 200 g/mol. The fourth-order valence-corrected chi connectivity index (χ4v) is 2.49. The molecular formula is C13H26N2O. The fraction of sp³-hybridized carbons (Fsp3) is 1.00. The van der Waals surface area contributed by atoms with Gasteiger partial charge in [0.1, 0.15) is 0 Å². The van der Waals surface area contributed by atoms with Gasteiger partial charge >= 0.3 is 0 Å². The maximum absolute atomic E-state index is 9.03. The maximum Gasteiger partial charge on any atom is 0.0468 e. The minimum atomic E-state index is 0.323. The van der Waals surface area contributed by atoms with Crippen LogP contribution in [-0.2, 0) is 0 Å². The number of likely N-dealkylation sites (tertiary alicyclic amines) is 1.